The fourth-order valence-electron chi connectivity index (χ4n) is 0.132. The third-order valence-corrected chi connectivity index (χ3v) is 1.53. The summed E-state index contributed by atoms with van der Waals surface area (Å²) in [7, 11) is 0. The van der Waals surface area contributed by atoms with Crippen molar-refractivity contribution >= 4 is 35.8 Å². The summed E-state index contributed by atoms with van der Waals surface area (Å²) in [5, 5.41) is -0.270. The summed E-state index contributed by atoms with van der Waals surface area (Å²) in [6, 6.07) is 0. The van der Waals surface area contributed by atoms with Crippen LogP contribution >= 0.6 is 24.7 Å². The maximum atomic E-state index is 10.3. The third-order valence-electron chi connectivity index (χ3n) is 0.381. The molecule has 5 heteroatoms. The van der Waals surface area contributed by atoms with Gasteiger partial charge in [-0.1, -0.05) is 0 Å². The average molecular weight is 166 g/mol. The maximum Gasteiger partial charge on any atom is 0.315 e. The van der Waals surface area contributed by atoms with Crippen LogP contribution < -0.4 is 0 Å². The summed E-state index contributed by atoms with van der Waals surface area (Å²) in [5.41, 5.74) is 0. The lowest BCUT2D eigenvalue weighted by atomic mass is 10.9. The van der Waals surface area contributed by atoms with Crippen molar-refractivity contribution < 1.29 is 13.8 Å². The van der Waals surface area contributed by atoms with Gasteiger partial charge < -0.3 is 4.18 Å². The highest BCUT2D eigenvalue weighted by Crippen LogP contribution is 2.04. The molecule has 0 amide bonds. The summed E-state index contributed by atoms with van der Waals surface area (Å²) in [6.45, 7) is 1.23. The zero-order valence-corrected chi connectivity index (χ0v) is 6.50. The fourth-order valence-corrected chi connectivity index (χ4v) is 0.553. The molecule has 0 aliphatic heterocycles. The Kier molecular flexibility index (Phi) is 4.61. The lowest BCUT2D eigenvalue weighted by molar-refractivity contribution is -0.131. The predicted octanol–water partition coefficient (Wildman–Crippen LogP) is 0.654. The largest absolute Gasteiger partial charge is 0.383 e. The molecule has 0 heterocycles. The molecular weight excluding hydrogens is 160 g/mol. The molecule has 0 rings (SSSR count). The van der Waals surface area contributed by atoms with Crippen LogP contribution in [0.1, 0.15) is 6.92 Å². The molecule has 0 aromatic carbocycles. The Balaban J connectivity index is 3.28. The monoisotopic (exact) mass is 166 g/mol. The van der Waals surface area contributed by atoms with Crippen LogP contribution in [0, 0.1) is 0 Å². The molecule has 0 aliphatic carbocycles. The van der Waals surface area contributed by atoms with Gasteiger partial charge in [0.2, 0.25) is 5.12 Å². The van der Waals surface area contributed by atoms with Crippen LogP contribution in [0.2, 0.25) is 0 Å². The molecule has 0 bridgehead atoms. The van der Waals surface area contributed by atoms with Gasteiger partial charge in [0.1, 0.15) is 12.0 Å². The lowest BCUT2D eigenvalue weighted by Crippen LogP contribution is -1.97. The van der Waals surface area contributed by atoms with Gasteiger partial charge in [-0.05, 0) is 0 Å². The molecule has 0 unspecified atom stereocenters. The molecule has 0 saturated heterocycles. The van der Waals surface area contributed by atoms with Crippen molar-refractivity contribution in [2.75, 3.05) is 5.75 Å². The molecule has 3 nitrogen and oxygen atoms in total. The number of carbonyl (C=O) groups is 2. The first-order chi connectivity index (χ1) is 4.16. The van der Waals surface area contributed by atoms with E-state index in [0.717, 1.165) is 0 Å². The van der Waals surface area contributed by atoms with Crippen molar-refractivity contribution in [3.63, 3.8) is 0 Å². The van der Waals surface area contributed by atoms with E-state index in [4.69, 9.17) is 0 Å². The second-order valence-corrected chi connectivity index (χ2v) is 2.29. The van der Waals surface area contributed by atoms with Crippen LogP contribution in [0.25, 0.3) is 0 Å². The fraction of sp³-hybridized carbons (Fsp3) is 0.500. The molecule has 52 valence electrons. The minimum Gasteiger partial charge on any atom is -0.383 e. The first-order valence-electron chi connectivity index (χ1n) is 2.15. The Morgan fingerprint density at radius 1 is 1.67 bits per heavy atom. The van der Waals surface area contributed by atoms with E-state index in [1.165, 1.54) is 6.92 Å². The van der Waals surface area contributed by atoms with E-state index in [0.29, 0.717) is 12.0 Å². The zero-order chi connectivity index (χ0) is 7.28. The van der Waals surface area contributed by atoms with E-state index in [2.05, 4.69) is 16.8 Å². The molecule has 0 aromatic rings. The van der Waals surface area contributed by atoms with E-state index in [-0.39, 0.29) is 10.9 Å². The minimum absolute atomic E-state index is 0.0813. The van der Waals surface area contributed by atoms with Crippen molar-refractivity contribution in [1.29, 1.82) is 0 Å². The Hall–Kier alpha value is -0.160. The van der Waals surface area contributed by atoms with Crippen LogP contribution in [-0.2, 0) is 13.8 Å². The molecule has 0 N–H and O–H groups in total. The van der Waals surface area contributed by atoms with Crippen LogP contribution in [0.15, 0.2) is 0 Å². The van der Waals surface area contributed by atoms with Crippen LogP contribution in [0.3, 0.4) is 0 Å². The van der Waals surface area contributed by atoms with Crippen molar-refractivity contribution in [3.8, 4) is 0 Å². The molecule has 0 fully saturated rings. The molecule has 0 aromatic heterocycles. The van der Waals surface area contributed by atoms with Crippen LogP contribution in [0.5, 0.6) is 0 Å². The van der Waals surface area contributed by atoms with Crippen molar-refractivity contribution in [2.45, 2.75) is 6.92 Å². The third kappa shape index (κ3) is 5.72. The van der Waals surface area contributed by atoms with Crippen molar-refractivity contribution in [2.24, 2.45) is 0 Å². The quantitative estimate of drug-likeness (QED) is 0.459. The van der Waals surface area contributed by atoms with Gasteiger partial charge in [-0.3, -0.25) is 9.59 Å². The van der Waals surface area contributed by atoms with E-state index in [1.807, 2.05) is 0 Å². The van der Waals surface area contributed by atoms with Gasteiger partial charge in [0.05, 0.1) is 5.75 Å². The van der Waals surface area contributed by atoms with E-state index >= 15 is 0 Å². The number of thiol groups is 1. The van der Waals surface area contributed by atoms with Gasteiger partial charge in [0.15, 0.2) is 0 Å². The Bertz CT molecular complexity index is 123. The van der Waals surface area contributed by atoms with Crippen LogP contribution in [0.4, 0.5) is 0 Å². The van der Waals surface area contributed by atoms with E-state index in [1.54, 1.807) is 0 Å². The SMILES string of the molecule is CC(=O)OSC(=O)CS. The summed E-state index contributed by atoms with van der Waals surface area (Å²) in [5.74, 6) is -0.395. The van der Waals surface area contributed by atoms with Gasteiger partial charge in [-0.15, -0.1) is 0 Å². The second-order valence-electron chi connectivity index (χ2n) is 1.19. The van der Waals surface area contributed by atoms with Crippen molar-refractivity contribution in [3.05, 3.63) is 0 Å². The van der Waals surface area contributed by atoms with Gasteiger partial charge in [-0.2, -0.15) is 12.6 Å². The van der Waals surface area contributed by atoms with Crippen LogP contribution in [-0.4, -0.2) is 16.8 Å². The Morgan fingerprint density at radius 2 is 2.22 bits per heavy atom. The van der Waals surface area contributed by atoms with Gasteiger partial charge in [0.25, 0.3) is 0 Å². The number of carbonyl (C=O) groups excluding carboxylic acids is 2. The summed E-state index contributed by atoms with van der Waals surface area (Å²) in [4.78, 5) is 20.4. The summed E-state index contributed by atoms with van der Waals surface area (Å²) in [6.07, 6.45) is 0. The molecule has 0 spiro atoms. The average Bonchev–Trinajstić information content (AvgIpc) is 1.83. The highest BCUT2D eigenvalue weighted by molar-refractivity contribution is 8.11. The lowest BCUT2D eigenvalue weighted by Gasteiger charge is -1.92. The molecule has 0 saturated carbocycles. The van der Waals surface area contributed by atoms with E-state index in [9.17, 15) is 9.59 Å². The highest BCUT2D eigenvalue weighted by atomic mass is 32.2. The highest BCUT2D eigenvalue weighted by Gasteiger charge is 2.01. The standard InChI is InChI=1S/C4H6O3S2/c1-3(5)7-9-4(6)2-8/h8H,2H2,1H3. The second kappa shape index (κ2) is 4.69. The molecule has 9 heavy (non-hydrogen) atoms. The molecule has 0 radical (unpaired) electrons. The topological polar surface area (TPSA) is 43.4 Å². The summed E-state index contributed by atoms with van der Waals surface area (Å²) >= 11 is 4.18. The number of rotatable bonds is 1. The van der Waals surface area contributed by atoms with E-state index < -0.39 is 5.97 Å². The molecule has 0 aliphatic rings. The van der Waals surface area contributed by atoms with Gasteiger partial charge >= 0.3 is 5.97 Å². The summed E-state index contributed by atoms with van der Waals surface area (Å²) < 4.78 is 4.27. The Labute approximate surface area is 62.8 Å². The Morgan fingerprint density at radius 3 is 2.56 bits per heavy atom. The smallest absolute Gasteiger partial charge is 0.315 e. The van der Waals surface area contributed by atoms with Gasteiger partial charge in [0, 0.05) is 6.92 Å². The number of hydrogen-bond acceptors (Lipinski definition) is 5. The first-order valence-corrected chi connectivity index (χ1v) is 3.53. The van der Waals surface area contributed by atoms with Gasteiger partial charge in [-0.25, -0.2) is 0 Å². The van der Waals surface area contributed by atoms with Crippen molar-refractivity contribution in [1.82, 2.24) is 0 Å². The zero-order valence-electron chi connectivity index (χ0n) is 4.79. The normalized spacial score (nSPS) is 8.67. The first kappa shape index (κ1) is 8.84. The molecular formula is C4H6O3S2. The maximum absolute atomic E-state index is 10.3. The predicted molar refractivity (Wildman–Crippen MR) is 38.2 cm³/mol. The molecule has 0 atom stereocenters. The minimum atomic E-state index is -0.477. The number of hydrogen-bond donors (Lipinski definition) is 1.